The van der Waals surface area contributed by atoms with Crippen LogP contribution in [0.25, 0.3) is 11.0 Å². The molecule has 4 aromatic rings. The summed E-state index contributed by atoms with van der Waals surface area (Å²) in [6.07, 6.45) is 1.08. The smallest absolute Gasteiger partial charge is 0.262 e. The molecule has 8 heteroatoms. The fraction of sp³-hybridized carbons (Fsp3) is 0.292. The summed E-state index contributed by atoms with van der Waals surface area (Å²) >= 11 is 1.84. The fourth-order valence-corrected chi connectivity index (χ4v) is 5.10. The molecular formula is C24H25N5O2S. The second-order valence-electron chi connectivity index (χ2n) is 8.13. The Morgan fingerprint density at radius 2 is 2.03 bits per heavy atom. The molecule has 1 amide bonds. The molecule has 0 atom stereocenters. The first kappa shape index (κ1) is 20.5. The number of amides is 1. The van der Waals surface area contributed by atoms with Crippen LogP contribution in [0.15, 0.2) is 41.8 Å². The minimum Gasteiger partial charge on any atom is -0.466 e. The standard InChI is InChI=1S/C24H25N5O2S/c1-15-12-16(2)25-23-22(15)24(27-28(23)3)31-14-21(30)26-18-4-6-19(7-5-18)29-10-8-20-17(13-29)9-11-32-20/h4-7,9,11-12H,8,10,13-14H2,1-3H3,(H,26,30). The average Bonchev–Trinajstić information content (AvgIpc) is 3.37. The third kappa shape index (κ3) is 3.93. The lowest BCUT2D eigenvalue weighted by Gasteiger charge is -2.29. The lowest BCUT2D eigenvalue weighted by molar-refractivity contribution is -0.118. The predicted molar refractivity (Wildman–Crippen MR) is 128 cm³/mol. The van der Waals surface area contributed by atoms with Crippen LogP contribution >= 0.6 is 11.3 Å². The van der Waals surface area contributed by atoms with Crippen molar-refractivity contribution in [3.63, 3.8) is 0 Å². The molecule has 7 nitrogen and oxygen atoms in total. The molecule has 1 N–H and O–H groups in total. The number of pyridine rings is 1. The van der Waals surface area contributed by atoms with Crippen molar-refractivity contribution >= 4 is 39.7 Å². The van der Waals surface area contributed by atoms with Crippen molar-refractivity contribution in [2.24, 2.45) is 7.05 Å². The molecule has 0 spiro atoms. The Kier molecular flexibility index (Phi) is 5.30. The van der Waals surface area contributed by atoms with Crippen molar-refractivity contribution in [1.82, 2.24) is 14.8 Å². The van der Waals surface area contributed by atoms with Crippen LogP contribution in [-0.2, 0) is 24.8 Å². The minimum atomic E-state index is -0.227. The SMILES string of the molecule is Cc1cc(C)c2c(OCC(=O)Nc3ccc(N4CCc5sccc5C4)cc3)nn(C)c2n1. The van der Waals surface area contributed by atoms with E-state index in [-0.39, 0.29) is 12.5 Å². The molecule has 0 saturated heterocycles. The van der Waals surface area contributed by atoms with Crippen LogP contribution in [0.4, 0.5) is 11.4 Å². The van der Waals surface area contributed by atoms with Gasteiger partial charge in [0, 0.05) is 42.1 Å². The Labute approximate surface area is 190 Å². The summed E-state index contributed by atoms with van der Waals surface area (Å²) in [4.78, 5) is 20.9. The van der Waals surface area contributed by atoms with Crippen LogP contribution in [0.5, 0.6) is 5.88 Å². The Hall–Kier alpha value is -3.39. The third-order valence-electron chi connectivity index (χ3n) is 5.75. The van der Waals surface area contributed by atoms with Crippen LogP contribution in [0.3, 0.4) is 0 Å². The maximum absolute atomic E-state index is 12.5. The quantitative estimate of drug-likeness (QED) is 0.496. The van der Waals surface area contributed by atoms with Crippen LogP contribution in [-0.4, -0.2) is 33.8 Å². The summed E-state index contributed by atoms with van der Waals surface area (Å²) in [6, 6.07) is 12.2. The van der Waals surface area contributed by atoms with E-state index in [1.165, 1.54) is 10.4 Å². The fourth-order valence-electron chi connectivity index (χ4n) is 4.21. The van der Waals surface area contributed by atoms with Gasteiger partial charge in [-0.15, -0.1) is 16.4 Å². The Bertz CT molecular complexity index is 1290. The molecule has 164 valence electrons. The van der Waals surface area contributed by atoms with Crippen molar-refractivity contribution < 1.29 is 9.53 Å². The van der Waals surface area contributed by atoms with Gasteiger partial charge in [0.1, 0.15) is 0 Å². The van der Waals surface area contributed by atoms with Crippen LogP contribution in [0.2, 0.25) is 0 Å². The zero-order valence-corrected chi connectivity index (χ0v) is 19.2. The van der Waals surface area contributed by atoms with E-state index >= 15 is 0 Å². The highest BCUT2D eigenvalue weighted by Gasteiger charge is 2.18. The molecule has 1 aliphatic rings. The highest BCUT2D eigenvalue weighted by atomic mass is 32.1. The molecule has 0 saturated carbocycles. The molecule has 0 unspecified atom stereocenters. The van der Waals surface area contributed by atoms with E-state index in [1.54, 1.807) is 4.68 Å². The molecule has 1 aromatic carbocycles. The average molecular weight is 448 g/mol. The van der Waals surface area contributed by atoms with E-state index in [9.17, 15) is 4.79 Å². The molecule has 5 rings (SSSR count). The van der Waals surface area contributed by atoms with Crippen molar-refractivity contribution in [3.05, 3.63) is 63.5 Å². The van der Waals surface area contributed by atoms with Crippen LogP contribution in [0.1, 0.15) is 21.7 Å². The molecule has 3 aromatic heterocycles. The molecule has 0 radical (unpaired) electrons. The second kappa shape index (κ2) is 8.27. The van der Waals surface area contributed by atoms with Crippen molar-refractivity contribution in [1.29, 1.82) is 0 Å². The third-order valence-corrected chi connectivity index (χ3v) is 6.77. The largest absolute Gasteiger partial charge is 0.466 e. The molecule has 0 fully saturated rings. The monoisotopic (exact) mass is 447 g/mol. The van der Waals surface area contributed by atoms with Crippen molar-refractivity contribution in [2.45, 2.75) is 26.8 Å². The van der Waals surface area contributed by atoms with Gasteiger partial charge in [-0.25, -0.2) is 9.67 Å². The number of hydrogen-bond acceptors (Lipinski definition) is 6. The van der Waals surface area contributed by atoms with Crippen molar-refractivity contribution in [3.8, 4) is 5.88 Å². The van der Waals surface area contributed by atoms with Crippen LogP contribution in [0, 0.1) is 13.8 Å². The zero-order chi connectivity index (χ0) is 22.2. The number of benzene rings is 1. The summed E-state index contributed by atoms with van der Waals surface area (Å²) in [6.45, 7) is 5.77. The van der Waals surface area contributed by atoms with E-state index in [0.29, 0.717) is 5.88 Å². The summed E-state index contributed by atoms with van der Waals surface area (Å²) in [5.41, 5.74) is 6.02. The number of carbonyl (C=O) groups is 1. The Balaban J connectivity index is 1.21. The van der Waals surface area contributed by atoms with E-state index in [0.717, 1.165) is 53.2 Å². The van der Waals surface area contributed by atoms with E-state index < -0.39 is 0 Å². The summed E-state index contributed by atoms with van der Waals surface area (Å²) in [5.74, 6) is 0.200. The molecule has 32 heavy (non-hydrogen) atoms. The highest BCUT2D eigenvalue weighted by molar-refractivity contribution is 7.10. The van der Waals surface area contributed by atoms with Gasteiger partial charge in [0.15, 0.2) is 12.3 Å². The molecule has 4 heterocycles. The Morgan fingerprint density at radius 3 is 2.84 bits per heavy atom. The topological polar surface area (TPSA) is 72.3 Å². The second-order valence-corrected chi connectivity index (χ2v) is 9.13. The summed E-state index contributed by atoms with van der Waals surface area (Å²) in [7, 11) is 1.82. The number of nitrogens with zero attached hydrogens (tertiary/aromatic N) is 4. The van der Waals surface area contributed by atoms with Gasteiger partial charge in [0.05, 0.1) is 5.39 Å². The maximum Gasteiger partial charge on any atom is 0.262 e. The number of carbonyl (C=O) groups excluding carboxylic acids is 1. The lowest BCUT2D eigenvalue weighted by Crippen LogP contribution is -2.29. The minimum absolute atomic E-state index is 0.117. The lowest BCUT2D eigenvalue weighted by atomic mass is 10.1. The van der Waals surface area contributed by atoms with Gasteiger partial charge in [-0.2, -0.15) is 0 Å². The molecular weight excluding hydrogens is 422 g/mol. The predicted octanol–water partition coefficient (Wildman–Crippen LogP) is 4.23. The van der Waals surface area contributed by atoms with Gasteiger partial charge in [0.2, 0.25) is 5.88 Å². The van der Waals surface area contributed by atoms with Gasteiger partial charge in [-0.1, -0.05) is 0 Å². The van der Waals surface area contributed by atoms with Crippen molar-refractivity contribution in [2.75, 3.05) is 23.4 Å². The number of anilines is 2. The first-order valence-electron chi connectivity index (χ1n) is 10.6. The number of aromatic nitrogens is 3. The van der Waals surface area contributed by atoms with E-state index in [2.05, 4.69) is 43.9 Å². The number of fused-ring (bicyclic) bond motifs is 2. The van der Waals surface area contributed by atoms with E-state index in [1.807, 2.05) is 50.4 Å². The van der Waals surface area contributed by atoms with Gasteiger partial charge in [-0.3, -0.25) is 4.79 Å². The first-order valence-corrected chi connectivity index (χ1v) is 11.5. The Morgan fingerprint density at radius 1 is 1.22 bits per heavy atom. The van der Waals surface area contributed by atoms with Crippen LogP contribution < -0.4 is 15.0 Å². The summed E-state index contributed by atoms with van der Waals surface area (Å²) < 4.78 is 7.43. The highest BCUT2D eigenvalue weighted by Crippen LogP contribution is 2.29. The number of nitrogens with one attached hydrogen (secondary N) is 1. The molecule has 0 aliphatic carbocycles. The number of ether oxygens (including phenoxy) is 1. The summed E-state index contributed by atoms with van der Waals surface area (Å²) in [5, 5.41) is 10.3. The molecule has 1 aliphatic heterocycles. The maximum atomic E-state index is 12.5. The van der Waals surface area contributed by atoms with Gasteiger partial charge in [0.25, 0.3) is 5.91 Å². The van der Waals surface area contributed by atoms with Gasteiger partial charge in [-0.05, 0) is 73.2 Å². The number of hydrogen-bond donors (Lipinski definition) is 1. The molecule has 0 bridgehead atoms. The number of aryl methyl sites for hydroxylation is 3. The zero-order valence-electron chi connectivity index (χ0n) is 18.4. The van der Waals surface area contributed by atoms with Gasteiger partial charge < -0.3 is 15.0 Å². The normalized spacial score (nSPS) is 13.3. The number of rotatable bonds is 5. The van der Waals surface area contributed by atoms with Gasteiger partial charge >= 0.3 is 0 Å². The first-order chi connectivity index (χ1) is 15.5. The van der Waals surface area contributed by atoms with E-state index in [4.69, 9.17) is 4.74 Å². The number of thiophene rings is 1.